The van der Waals surface area contributed by atoms with E-state index >= 15 is 4.39 Å². The van der Waals surface area contributed by atoms with E-state index in [4.69, 9.17) is 9.47 Å². The number of anilines is 2. The molecule has 2 saturated heterocycles. The smallest absolute Gasteiger partial charge is 0.416 e. The minimum Gasteiger partial charge on any atom is -0.495 e. The van der Waals surface area contributed by atoms with Crippen molar-refractivity contribution in [2.24, 2.45) is 0 Å². The molecular weight excluding hydrogens is 567 g/mol. The Balaban J connectivity index is 0.00000387. The van der Waals surface area contributed by atoms with Gasteiger partial charge in [0, 0.05) is 32.2 Å². The molecule has 1 N–H and O–H groups in total. The highest BCUT2D eigenvalue weighted by Gasteiger charge is 2.45. The van der Waals surface area contributed by atoms with Crippen LogP contribution in [0, 0.1) is 11.6 Å². The summed E-state index contributed by atoms with van der Waals surface area (Å²) in [5.74, 6) is -2.88. The number of nitrogens with one attached hydrogen (secondary N) is 1. The molecule has 2 aromatic carbocycles. The molecule has 3 aromatic rings. The van der Waals surface area contributed by atoms with Crippen molar-refractivity contribution in [1.82, 2.24) is 9.46 Å². The van der Waals surface area contributed by atoms with Gasteiger partial charge in [-0.2, -0.15) is 25.9 Å². The first-order valence-corrected chi connectivity index (χ1v) is 13.2. The van der Waals surface area contributed by atoms with Crippen LogP contribution in [0.25, 0.3) is 11.1 Å². The highest BCUT2D eigenvalue weighted by Crippen LogP contribution is 2.41. The maximum atomic E-state index is 15.4. The summed E-state index contributed by atoms with van der Waals surface area (Å²) in [6, 6.07) is 4.27. The number of carbonyl (C=O) groups excluding carboxylic acids is 1. The largest absolute Gasteiger partial charge is 0.495 e. The van der Waals surface area contributed by atoms with Crippen molar-refractivity contribution in [1.29, 1.82) is 0 Å². The maximum absolute atomic E-state index is 15.4. The van der Waals surface area contributed by atoms with Crippen LogP contribution in [0.5, 0.6) is 5.75 Å². The van der Waals surface area contributed by atoms with E-state index in [1.807, 2.05) is 0 Å². The van der Waals surface area contributed by atoms with Crippen molar-refractivity contribution in [2.75, 3.05) is 36.4 Å². The van der Waals surface area contributed by atoms with E-state index in [1.165, 1.54) is 24.3 Å². The number of aromatic nitrogens is 1. The molecule has 0 bridgehead atoms. The zero-order chi connectivity index (χ0) is 28.8. The van der Waals surface area contributed by atoms with E-state index < -0.39 is 58.2 Å². The number of fused-ring (bicyclic) bond motifs is 1. The molecule has 3 heterocycles. The number of hydrogen-bond acceptors (Lipinski definition) is 7. The van der Waals surface area contributed by atoms with Crippen LogP contribution >= 0.6 is 0 Å². The van der Waals surface area contributed by atoms with Gasteiger partial charge in [-0.15, -0.1) is 0 Å². The highest BCUT2D eigenvalue weighted by atomic mass is 32.2. The number of nitrogens with zero attached hydrogens (tertiary/aromatic N) is 3. The third kappa shape index (κ3) is 5.33. The van der Waals surface area contributed by atoms with E-state index in [0.29, 0.717) is 12.1 Å². The summed E-state index contributed by atoms with van der Waals surface area (Å²) in [7, 11) is -2.82. The monoisotopic (exact) mass is 590 g/mol. The van der Waals surface area contributed by atoms with Crippen molar-refractivity contribution in [2.45, 2.75) is 24.7 Å². The van der Waals surface area contributed by atoms with E-state index in [0.717, 1.165) is 22.5 Å². The van der Waals surface area contributed by atoms with Gasteiger partial charge in [0.1, 0.15) is 30.3 Å². The Morgan fingerprint density at radius 2 is 1.95 bits per heavy atom. The first-order chi connectivity index (χ1) is 18.9. The first kappa shape index (κ1) is 27.8. The zero-order valence-electron chi connectivity index (χ0n) is 20.6. The molecule has 1 aromatic heterocycles. The quantitative estimate of drug-likeness (QED) is 0.431. The molecule has 2 aliphatic heterocycles. The molecule has 0 saturated carbocycles. The van der Waals surface area contributed by atoms with Gasteiger partial charge in [0.15, 0.2) is 5.82 Å². The summed E-state index contributed by atoms with van der Waals surface area (Å²) in [5, 5.41) is 3.52. The number of amides is 1. The number of alkyl halides is 3. The van der Waals surface area contributed by atoms with Crippen molar-refractivity contribution < 1.29 is 50.6 Å². The van der Waals surface area contributed by atoms with Gasteiger partial charge in [0.25, 0.3) is 5.91 Å². The number of morpholine rings is 1. The van der Waals surface area contributed by atoms with Gasteiger partial charge in [0.2, 0.25) is 0 Å². The molecule has 16 heteroatoms. The van der Waals surface area contributed by atoms with Gasteiger partial charge in [-0.1, -0.05) is 5.16 Å². The van der Waals surface area contributed by atoms with E-state index in [-0.39, 0.29) is 49.3 Å². The fourth-order valence-electron chi connectivity index (χ4n) is 4.79. The van der Waals surface area contributed by atoms with Crippen LogP contribution in [0.1, 0.15) is 13.4 Å². The summed E-state index contributed by atoms with van der Waals surface area (Å²) in [5.41, 5.74) is -2.07. The second-order valence-corrected chi connectivity index (χ2v) is 10.7. The Bertz CT molecular complexity index is 1540. The molecule has 0 radical (unpaired) electrons. The van der Waals surface area contributed by atoms with Crippen LogP contribution in [0.2, 0.25) is 0 Å². The average Bonchev–Trinajstić information content (AvgIpc) is 3.39. The Kier molecular flexibility index (Phi) is 7.18. The molecule has 0 spiro atoms. The van der Waals surface area contributed by atoms with Crippen LogP contribution < -0.4 is 14.4 Å². The van der Waals surface area contributed by atoms with E-state index in [1.54, 1.807) is 0 Å². The van der Waals surface area contributed by atoms with Crippen molar-refractivity contribution >= 4 is 27.6 Å². The molecule has 10 nitrogen and oxygen atoms in total. The molecule has 40 heavy (non-hydrogen) atoms. The van der Waals surface area contributed by atoms with Crippen molar-refractivity contribution in [3.63, 3.8) is 0 Å². The predicted octanol–water partition coefficient (Wildman–Crippen LogP) is 4.06. The van der Waals surface area contributed by atoms with Gasteiger partial charge in [-0.3, -0.25) is 9.52 Å². The lowest BCUT2D eigenvalue weighted by molar-refractivity contribution is -0.137. The standard InChI is InChI=1S/C24H21F5N4O6S.H2/c1-37-20-9-16(13-6-14(24(27,28)29)8-15(25)7-13)17(26)10-19(20)33-18-2-4-32(11-21(18)38-12-23(33)34)40(35,36)31-22-3-5-39-30-22;/h3,5-10,18,21H,2,4,11-12H2,1H3,(H,30,31);1H/t18-,21-;/m0./s1. The first-order valence-electron chi connectivity index (χ1n) is 11.7. The maximum Gasteiger partial charge on any atom is 0.416 e. The topological polar surface area (TPSA) is 114 Å². The minimum absolute atomic E-state index is 0. The molecule has 2 atom stereocenters. The lowest BCUT2D eigenvalue weighted by Gasteiger charge is -2.46. The van der Waals surface area contributed by atoms with Gasteiger partial charge >= 0.3 is 16.4 Å². The second kappa shape index (κ2) is 10.3. The number of halogens is 5. The van der Waals surface area contributed by atoms with Crippen LogP contribution in [-0.2, 0) is 25.9 Å². The number of ether oxygens (including phenoxy) is 2. The molecule has 216 valence electrons. The zero-order valence-corrected chi connectivity index (χ0v) is 21.4. The second-order valence-electron chi connectivity index (χ2n) is 9.05. The van der Waals surface area contributed by atoms with Gasteiger partial charge in [-0.25, -0.2) is 8.78 Å². The molecule has 1 amide bonds. The minimum atomic E-state index is -4.86. The van der Waals surface area contributed by atoms with Gasteiger partial charge in [0.05, 0.1) is 30.5 Å². The van der Waals surface area contributed by atoms with E-state index in [2.05, 4.69) is 14.4 Å². The molecular formula is C24H23F5N4O6S. The fourth-order valence-corrected chi connectivity index (χ4v) is 5.97. The summed E-state index contributed by atoms with van der Waals surface area (Å²) < 4.78 is 114. The van der Waals surface area contributed by atoms with E-state index in [9.17, 15) is 30.8 Å². The summed E-state index contributed by atoms with van der Waals surface area (Å²) >= 11 is 0. The SMILES string of the molecule is COc1cc(-c2cc(F)cc(C(F)(F)F)c2)c(F)cc1N1C(=O)CO[C@H]2CN(S(=O)(=O)Nc3ccon3)CC[C@@H]21.[HH]. The van der Waals surface area contributed by atoms with Gasteiger partial charge < -0.3 is 18.9 Å². The molecule has 5 rings (SSSR count). The lowest BCUT2D eigenvalue weighted by Crippen LogP contribution is -2.62. The van der Waals surface area contributed by atoms with Crippen LogP contribution in [0.4, 0.5) is 33.5 Å². The van der Waals surface area contributed by atoms with Crippen molar-refractivity contribution in [3.8, 4) is 16.9 Å². The van der Waals surface area contributed by atoms with Crippen LogP contribution in [0.15, 0.2) is 47.2 Å². The summed E-state index contributed by atoms with van der Waals surface area (Å²) in [6.07, 6.45) is -4.37. The number of benzene rings is 2. The molecule has 0 aliphatic carbocycles. The highest BCUT2D eigenvalue weighted by molar-refractivity contribution is 7.90. The average molecular weight is 591 g/mol. The summed E-state index contributed by atoms with van der Waals surface area (Å²) in [4.78, 5) is 14.2. The predicted molar refractivity (Wildman–Crippen MR) is 132 cm³/mol. The Morgan fingerprint density at radius 1 is 1.18 bits per heavy atom. The van der Waals surface area contributed by atoms with Gasteiger partial charge in [-0.05, 0) is 36.2 Å². The number of carbonyl (C=O) groups is 1. The third-order valence-electron chi connectivity index (χ3n) is 6.58. The normalized spacial score (nSPS) is 20.4. The third-order valence-corrected chi connectivity index (χ3v) is 8.06. The molecule has 2 fully saturated rings. The Hall–Kier alpha value is -3.76. The number of methoxy groups -OCH3 is 1. The van der Waals surface area contributed by atoms with Crippen molar-refractivity contribution in [3.05, 3.63) is 59.9 Å². The molecule has 0 unspecified atom stereocenters. The summed E-state index contributed by atoms with van der Waals surface area (Å²) in [6.45, 7) is -0.626. The number of piperidine rings is 1. The van der Waals surface area contributed by atoms with Crippen LogP contribution in [-0.4, -0.2) is 62.7 Å². The Labute approximate surface area is 225 Å². The van der Waals surface area contributed by atoms with Crippen LogP contribution in [0.3, 0.4) is 0 Å². The molecule has 2 aliphatic rings. The Morgan fingerprint density at radius 3 is 2.62 bits per heavy atom. The number of rotatable bonds is 6. The lowest BCUT2D eigenvalue weighted by atomic mass is 9.97. The number of hydrogen-bond donors (Lipinski definition) is 1. The fraction of sp³-hybridized carbons (Fsp3) is 0.333.